The topological polar surface area (TPSA) is 35.5 Å². The molecular weight excluding hydrogens is 260 g/mol. The van der Waals surface area contributed by atoms with E-state index >= 15 is 0 Å². The van der Waals surface area contributed by atoms with Crippen LogP contribution < -0.4 is 0 Å². The maximum Gasteiger partial charge on any atom is 0.308 e. The maximum absolute atomic E-state index is 11.7. The standard InChI is InChI=1S/C15H30O3S/c1-7-17-14(16)12-8-10-13(11-9-12)18-19(5,6)15(2,3)4/h12-13H,7-11H2,1-6H3. The molecule has 0 unspecified atom stereocenters. The van der Waals surface area contributed by atoms with E-state index in [9.17, 15) is 4.79 Å². The van der Waals surface area contributed by atoms with Gasteiger partial charge in [-0.05, 0) is 45.1 Å². The Labute approximate surface area is 119 Å². The third kappa shape index (κ3) is 4.67. The van der Waals surface area contributed by atoms with Gasteiger partial charge in [-0.25, -0.2) is 0 Å². The molecular formula is C15H30O3S. The Morgan fingerprint density at radius 3 is 2.11 bits per heavy atom. The van der Waals surface area contributed by atoms with E-state index in [1.54, 1.807) is 0 Å². The zero-order valence-electron chi connectivity index (χ0n) is 13.3. The second-order valence-corrected chi connectivity index (χ2v) is 10.6. The molecule has 114 valence electrons. The summed E-state index contributed by atoms with van der Waals surface area (Å²) in [6.45, 7) is 9.07. The Balaban J connectivity index is 2.45. The zero-order chi connectivity index (χ0) is 14.7. The molecule has 0 N–H and O–H groups in total. The lowest BCUT2D eigenvalue weighted by Gasteiger charge is -2.47. The summed E-state index contributed by atoms with van der Waals surface area (Å²) in [5.41, 5.74) is 0. The largest absolute Gasteiger partial charge is 0.466 e. The molecule has 1 saturated carbocycles. The molecule has 0 radical (unpaired) electrons. The summed E-state index contributed by atoms with van der Waals surface area (Å²) in [7, 11) is -1.06. The van der Waals surface area contributed by atoms with Crippen molar-refractivity contribution in [2.45, 2.75) is 64.2 Å². The fourth-order valence-electron chi connectivity index (χ4n) is 2.14. The molecule has 19 heavy (non-hydrogen) atoms. The molecule has 0 atom stereocenters. The van der Waals surface area contributed by atoms with Gasteiger partial charge in [-0.3, -0.25) is 4.79 Å². The van der Waals surface area contributed by atoms with Gasteiger partial charge in [0, 0.05) is 4.75 Å². The van der Waals surface area contributed by atoms with Gasteiger partial charge in [-0.2, -0.15) is 0 Å². The molecule has 0 aromatic rings. The summed E-state index contributed by atoms with van der Waals surface area (Å²) in [5.74, 6) is 0.0657. The zero-order valence-corrected chi connectivity index (χ0v) is 14.1. The van der Waals surface area contributed by atoms with Crippen LogP contribution in [0.3, 0.4) is 0 Å². The minimum absolute atomic E-state index is 0.0246. The van der Waals surface area contributed by atoms with Crippen LogP contribution in [-0.2, 0) is 13.7 Å². The van der Waals surface area contributed by atoms with E-state index in [1.807, 2.05) is 6.92 Å². The average molecular weight is 290 g/mol. The second-order valence-electron chi connectivity index (χ2n) is 6.67. The van der Waals surface area contributed by atoms with Crippen LogP contribution in [0.15, 0.2) is 0 Å². The van der Waals surface area contributed by atoms with Crippen LogP contribution in [0.2, 0.25) is 0 Å². The van der Waals surface area contributed by atoms with E-state index < -0.39 is 10.3 Å². The van der Waals surface area contributed by atoms with Crippen molar-refractivity contribution in [1.82, 2.24) is 0 Å². The first-order valence-electron chi connectivity index (χ1n) is 7.25. The summed E-state index contributed by atoms with van der Waals surface area (Å²) < 4.78 is 11.7. The molecule has 0 amide bonds. The fraction of sp³-hybridized carbons (Fsp3) is 0.933. The van der Waals surface area contributed by atoms with Crippen LogP contribution in [0.4, 0.5) is 0 Å². The molecule has 1 aliphatic carbocycles. The number of carbonyl (C=O) groups is 1. The second kappa shape index (κ2) is 6.49. The highest BCUT2D eigenvalue weighted by molar-refractivity contribution is 8.29. The van der Waals surface area contributed by atoms with Crippen LogP contribution in [-0.4, -0.2) is 35.9 Å². The monoisotopic (exact) mass is 290 g/mol. The number of hydrogen-bond donors (Lipinski definition) is 0. The van der Waals surface area contributed by atoms with Crippen LogP contribution in [0.25, 0.3) is 0 Å². The minimum atomic E-state index is -1.06. The van der Waals surface area contributed by atoms with E-state index in [2.05, 4.69) is 33.3 Å². The first-order chi connectivity index (χ1) is 8.67. The summed E-state index contributed by atoms with van der Waals surface area (Å²) in [4.78, 5) is 11.7. The molecule has 1 rings (SSSR count). The molecule has 0 bridgehead atoms. The molecule has 0 aromatic heterocycles. The Bertz CT molecular complexity index is 299. The van der Waals surface area contributed by atoms with Gasteiger partial charge in [0.1, 0.15) is 0 Å². The summed E-state index contributed by atoms with van der Waals surface area (Å²) in [5, 5.41) is 0. The van der Waals surface area contributed by atoms with Crippen molar-refractivity contribution >= 4 is 16.3 Å². The minimum Gasteiger partial charge on any atom is -0.466 e. The molecule has 0 aromatic carbocycles. The summed E-state index contributed by atoms with van der Waals surface area (Å²) in [6, 6.07) is 0. The highest BCUT2D eigenvalue weighted by Gasteiger charge is 2.34. The molecule has 0 saturated heterocycles. The van der Waals surface area contributed by atoms with Crippen molar-refractivity contribution in [3.63, 3.8) is 0 Å². The fourth-order valence-corrected chi connectivity index (χ4v) is 3.30. The number of rotatable bonds is 4. The van der Waals surface area contributed by atoms with E-state index in [1.165, 1.54) is 0 Å². The molecule has 0 aliphatic heterocycles. The molecule has 1 fully saturated rings. The van der Waals surface area contributed by atoms with Crippen LogP contribution in [0.5, 0.6) is 0 Å². The third-order valence-electron chi connectivity index (χ3n) is 4.15. The van der Waals surface area contributed by atoms with E-state index in [4.69, 9.17) is 8.92 Å². The molecule has 0 heterocycles. The number of esters is 1. The Kier molecular flexibility index (Phi) is 5.75. The highest BCUT2D eigenvalue weighted by Crippen LogP contribution is 2.55. The smallest absolute Gasteiger partial charge is 0.308 e. The normalized spacial score (nSPS) is 26.0. The van der Waals surface area contributed by atoms with Crippen molar-refractivity contribution in [2.24, 2.45) is 5.92 Å². The van der Waals surface area contributed by atoms with Crippen molar-refractivity contribution in [3.8, 4) is 0 Å². The average Bonchev–Trinajstić information content (AvgIpc) is 2.28. The Hall–Kier alpha value is -0.220. The molecule has 3 nitrogen and oxygen atoms in total. The van der Waals surface area contributed by atoms with E-state index in [0.717, 1.165) is 25.7 Å². The molecule has 1 aliphatic rings. The van der Waals surface area contributed by atoms with Gasteiger partial charge in [-0.1, -0.05) is 20.8 Å². The van der Waals surface area contributed by atoms with Crippen LogP contribution in [0.1, 0.15) is 53.4 Å². The highest BCUT2D eigenvalue weighted by atomic mass is 32.3. The summed E-state index contributed by atoms with van der Waals surface area (Å²) in [6.07, 6.45) is 8.57. The predicted octanol–water partition coefficient (Wildman–Crippen LogP) is 3.90. The molecule has 4 heteroatoms. The van der Waals surface area contributed by atoms with Crippen LogP contribution in [0, 0.1) is 5.92 Å². The van der Waals surface area contributed by atoms with Gasteiger partial charge in [0.15, 0.2) is 0 Å². The lowest BCUT2D eigenvalue weighted by Crippen LogP contribution is -2.32. The SMILES string of the molecule is CCOC(=O)C1CCC(OS(C)(C)C(C)(C)C)CC1. The van der Waals surface area contributed by atoms with Crippen molar-refractivity contribution < 1.29 is 13.7 Å². The quantitative estimate of drug-likeness (QED) is 0.737. The van der Waals surface area contributed by atoms with E-state index in [-0.39, 0.29) is 16.6 Å². The lowest BCUT2D eigenvalue weighted by atomic mass is 9.87. The maximum atomic E-state index is 11.7. The van der Waals surface area contributed by atoms with E-state index in [0.29, 0.717) is 12.7 Å². The predicted molar refractivity (Wildman–Crippen MR) is 82.7 cm³/mol. The summed E-state index contributed by atoms with van der Waals surface area (Å²) >= 11 is 0. The molecule has 0 spiro atoms. The van der Waals surface area contributed by atoms with Crippen LogP contribution >= 0.6 is 10.3 Å². The number of ether oxygens (including phenoxy) is 1. The number of hydrogen-bond acceptors (Lipinski definition) is 3. The third-order valence-corrected chi connectivity index (χ3v) is 7.85. The van der Waals surface area contributed by atoms with Crippen molar-refractivity contribution in [2.75, 3.05) is 19.1 Å². The van der Waals surface area contributed by atoms with Gasteiger partial charge >= 0.3 is 5.97 Å². The number of carbonyl (C=O) groups excluding carboxylic acids is 1. The van der Waals surface area contributed by atoms with Gasteiger partial charge in [0.2, 0.25) is 0 Å². The first-order valence-corrected chi connectivity index (χ1v) is 9.62. The van der Waals surface area contributed by atoms with Crippen molar-refractivity contribution in [3.05, 3.63) is 0 Å². The van der Waals surface area contributed by atoms with Crippen molar-refractivity contribution in [1.29, 1.82) is 0 Å². The lowest BCUT2D eigenvalue weighted by molar-refractivity contribution is -0.149. The first kappa shape index (κ1) is 16.8. The Morgan fingerprint density at radius 2 is 1.68 bits per heavy atom. The van der Waals surface area contributed by atoms with Gasteiger partial charge in [0.05, 0.1) is 18.6 Å². The Morgan fingerprint density at radius 1 is 1.16 bits per heavy atom. The van der Waals surface area contributed by atoms with Gasteiger partial charge < -0.3 is 8.92 Å². The van der Waals surface area contributed by atoms with Gasteiger partial charge in [-0.15, -0.1) is 10.3 Å². The van der Waals surface area contributed by atoms with Gasteiger partial charge in [0.25, 0.3) is 0 Å².